The van der Waals surface area contributed by atoms with E-state index in [-0.39, 0.29) is 5.91 Å². The van der Waals surface area contributed by atoms with Crippen molar-refractivity contribution in [1.82, 2.24) is 15.2 Å². The van der Waals surface area contributed by atoms with Crippen LogP contribution in [0.4, 0.5) is 0 Å². The molecule has 2 aromatic rings. The monoisotopic (exact) mass is 285 g/mol. The number of benzene rings is 1. The quantitative estimate of drug-likeness (QED) is 0.799. The molecule has 0 saturated carbocycles. The zero-order valence-corrected chi connectivity index (χ0v) is 12.3. The van der Waals surface area contributed by atoms with E-state index >= 15 is 0 Å². The van der Waals surface area contributed by atoms with Crippen LogP contribution < -0.4 is 10.6 Å². The van der Waals surface area contributed by atoms with Crippen molar-refractivity contribution in [3.8, 4) is 0 Å². The van der Waals surface area contributed by atoms with Gasteiger partial charge in [0.15, 0.2) is 0 Å². The fourth-order valence-corrected chi connectivity index (χ4v) is 3.04. The summed E-state index contributed by atoms with van der Waals surface area (Å²) in [6, 6.07) is 10.5. The molecule has 1 aromatic carbocycles. The molecule has 3 rings (SSSR count). The lowest BCUT2D eigenvalue weighted by atomic mass is 10.0. The SMILES string of the molecule is O=C(C[C@@H]1CCNC1)NCCCn1ccc2ccccc21. The molecule has 0 bridgehead atoms. The number of rotatable bonds is 6. The van der Waals surface area contributed by atoms with Crippen molar-refractivity contribution in [2.24, 2.45) is 5.92 Å². The molecule has 112 valence electrons. The molecule has 1 aromatic heterocycles. The highest BCUT2D eigenvalue weighted by Crippen LogP contribution is 2.15. The van der Waals surface area contributed by atoms with E-state index in [9.17, 15) is 4.79 Å². The van der Waals surface area contributed by atoms with Crippen LogP contribution in [-0.2, 0) is 11.3 Å². The number of aryl methyl sites for hydroxylation is 1. The van der Waals surface area contributed by atoms with Gasteiger partial charge in [0, 0.05) is 31.2 Å². The Morgan fingerprint density at radius 3 is 3.10 bits per heavy atom. The number of hydrogen-bond donors (Lipinski definition) is 2. The second-order valence-corrected chi connectivity index (χ2v) is 5.83. The van der Waals surface area contributed by atoms with Crippen molar-refractivity contribution < 1.29 is 4.79 Å². The zero-order chi connectivity index (χ0) is 14.5. The highest BCUT2D eigenvalue weighted by Gasteiger charge is 2.17. The van der Waals surface area contributed by atoms with Gasteiger partial charge in [0.05, 0.1) is 0 Å². The number of fused-ring (bicyclic) bond motifs is 1. The second-order valence-electron chi connectivity index (χ2n) is 5.83. The Balaban J connectivity index is 1.40. The molecule has 1 aliphatic rings. The number of nitrogens with zero attached hydrogens (tertiary/aromatic N) is 1. The van der Waals surface area contributed by atoms with Gasteiger partial charge in [-0.2, -0.15) is 0 Å². The summed E-state index contributed by atoms with van der Waals surface area (Å²) in [5, 5.41) is 7.61. The van der Waals surface area contributed by atoms with Crippen LogP contribution in [0.3, 0.4) is 0 Å². The van der Waals surface area contributed by atoms with Crippen molar-refractivity contribution in [1.29, 1.82) is 0 Å². The van der Waals surface area contributed by atoms with E-state index in [1.807, 2.05) is 0 Å². The largest absolute Gasteiger partial charge is 0.356 e. The van der Waals surface area contributed by atoms with Crippen molar-refractivity contribution >= 4 is 16.8 Å². The van der Waals surface area contributed by atoms with E-state index in [0.717, 1.165) is 39.0 Å². The average molecular weight is 285 g/mol. The Bertz CT molecular complexity index is 599. The minimum Gasteiger partial charge on any atom is -0.356 e. The topological polar surface area (TPSA) is 46.1 Å². The molecule has 2 heterocycles. The number of aromatic nitrogens is 1. The predicted molar refractivity (Wildman–Crippen MR) is 85.2 cm³/mol. The fraction of sp³-hybridized carbons (Fsp3) is 0.471. The number of hydrogen-bond acceptors (Lipinski definition) is 2. The van der Waals surface area contributed by atoms with Gasteiger partial charge in [-0.25, -0.2) is 0 Å². The van der Waals surface area contributed by atoms with Crippen LogP contribution >= 0.6 is 0 Å². The molecule has 1 atom stereocenters. The Morgan fingerprint density at radius 1 is 1.33 bits per heavy atom. The van der Waals surface area contributed by atoms with Gasteiger partial charge in [0.1, 0.15) is 0 Å². The van der Waals surface area contributed by atoms with Crippen LogP contribution in [-0.4, -0.2) is 30.1 Å². The molecule has 0 unspecified atom stereocenters. The third-order valence-corrected chi connectivity index (χ3v) is 4.21. The third kappa shape index (κ3) is 3.64. The zero-order valence-electron chi connectivity index (χ0n) is 12.3. The minimum atomic E-state index is 0.195. The molecule has 4 nitrogen and oxygen atoms in total. The van der Waals surface area contributed by atoms with E-state index in [1.165, 1.54) is 10.9 Å². The van der Waals surface area contributed by atoms with E-state index in [0.29, 0.717) is 12.3 Å². The number of amides is 1. The molecule has 1 aliphatic heterocycles. The lowest BCUT2D eigenvalue weighted by molar-refractivity contribution is -0.121. The van der Waals surface area contributed by atoms with Gasteiger partial charge < -0.3 is 15.2 Å². The molecule has 2 N–H and O–H groups in total. The van der Waals surface area contributed by atoms with E-state index < -0.39 is 0 Å². The fourth-order valence-electron chi connectivity index (χ4n) is 3.04. The van der Waals surface area contributed by atoms with E-state index in [4.69, 9.17) is 0 Å². The van der Waals surface area contributed by atoms with Crippen molar-refractivity contribution in [2.45, 2.75) is 25.8 Å². The molecule has 21 heavy (non-hydrogen) atoms. The molecular weight excluding hydrogens is 262 g/mol. The van der Waals surface area contributed by atoms with Crippen LogP contribution in [0.2, 0.25) is 0 Å². The van der Waals surface area contributed by atoms with Gasteiger partial charge in [0.2, 0.25) is 5.91 Å². The Kier molecular flexibility index (Phi) is 4.55. The van der Waals surface area contributed by atoms with Crippen LogP contribution in [0.5, 0.6) is 0 Å². The minimum absolute atomic E-state index is 0.195. The summed E-state index contributed by atoms with van der Waals surface area (Å²) in [5.74, 6) is 0.722. The van der Waals surface area contributed by atoms with Crippen molar-refractivity contribution in [2.75, 3.05) is 19.6 Å². The lowest BCUT2D eigenvalue weighted by Crippen LogP contribution is -2.27. The van der Waals surface area contributed by atoms with Gasteiger partial charge in [-0.15, -0.1) is 0 Å². The third-order valence-electron chi connectivity index (χ3n) is 4.21. The molecule has 0 aliphatic carbocycles. The van der Waals surface area contributed by atoms with Crippen LogP contribution in [0.1, 0.15) is 19.3 Å². The van der Waals surface area contributed by atoms with Crippen LogP contribution in [0.15, 0.2) is 36.5 Å². The number of para-hydroxylation sites is 1. The first kappa shape index (κ1) is 14.1. The second kappa shape index (κ2) is 6.76. The molecule has 1 saturated heterocycles. The first-order chi connectivity index (χ1) is 10.3. The standard InChI is InChI=1S/C17H23N3O/c21-17(12-14-6-9-18-13-14)19-8-3-10-20-11-7-15-4-1-2-5-16(15)20/h1-2,4-5,7,11,14,18H,3,6,8-10,12-13H2,(H,19,21)/t14-/m0/s1. The summed E-state index contributed by atoms with van der Waals surface area (Å²) in [6.07, 6.45) is 4.88. The van der Waals surface area contributed by atoms with Gasteiger partial charge in [0.25, 0.3) is 0 Å². The van der Waals surface area contributed by atoms with Gasteiger partial charge >= 0.3 is 0 Å². The normalized spacial score (nSPS) is 18.2. The van der Waals surface area contributed by atoms with Crippen molar-refractivity contribution in [3.05, 3.63) is 36.5 Å². The average Bonchev–Trinajstić information content (AvgIpc) is 3.13. The van der Waals surface area contributed by atoms with Crippen LogP contribution in [0, 0.1) is 5.92 Å². The summed E-state index contributed by atoms with van der Waals surface area (Å²) < 4.78 is 2.25. The number of carbonyl (C=O) groups excluding carboxylic acids is 1. The lowest BCUT2D eigenvalue weighted by Gasteiger charge is -2.10. The van der Waals surface area contributed by atoms with E-state index in [1.54, 1.807) is 0 Å². The highest BCUT2D eigenvalue weighted by molar-refractivity contribution is 5.79. The first-order valence-corrected chi connectivity index (χ1v) is 7.84. The molecule has 1 amide bonds. The van der Waals surface area contributed by atoms with Gasteiger partial charge in [-0.05, 0) is 49.4 Å². The summed E-state index contributed by atoms with van der Waals surface area (Å²) in [4.78, 5) is 11.8. The maximum absolute atomic E-state index is 11.8. The molecule has 0 radical (unpaired) electrons. The van der Waals surface area contributed by atoms with Gasteiger partial charge in [-0.3, -0.25) is 4.79 Å². The van der Waals surface area contributed by atoms with Crippen molar-refractivity contribution in [3.63, 3.8) is 0 Å². The van der Waals surface area contributed by atoms with Gasteiger partial charge in [-0.1, -0.05) is 18.2 Å². The predicted octanol–water partition coefficient (Wildman–Crippen LogP) is 2.15. The van der Waals surface area contributed by atoms with E-state index in [2.05, 4.69) is 51.7 Å². The molecule has 4 heteroatoms. The summed E-state index contributed by atoms with van der Waals surface area (Å²) in [5.41, 5.74) is 1.26. The Hall–Kier alpha value is -1.81. The molecular formula is C17H23N3O. The smallest absolute Gasteiger partial charge is 0.220 e. The van der Waals surface area contributed by atoms with Crippen LogP contribution in [0.25, 0.3) is 10.9 Å². The maximum Gasteiger partial charge on any atom is 0.220 e. The molecule has 1 fully saturated rings. The summed E-state index contributed by atoms with van der Waals surface area (Å²) in [7, 11) is 0. The Morgan fingerprint density at radius 2 is 2.24 bits per heavy atom. The summed E-state index contributed by atoms with van der Waals surface area (Å²) in [6.45, 7) is 3.74. The highest BCUT2D eigenvalue weighted by atomic mass is 16.1. The number of carbonyl (C=O) groups is 1. The molecule has 0 spiro atoms. The first-order valence-electron chi connectivity index (χ1n) is 7.84. The number of nitrogens with one attached hydrogen (secondary N) is 2. The maximum atomic E-state index is 11.8. The summed E-state index contributed by atoms with van der Waals surface area (Å²) >= 11 is 0. The Labute approximate surface area is 125 Å².